The molecule has 4 bridgehead atoms. The maximum atomic E-state index is 13.6. The monoisotopic (exact) mass is 571 g/mol. The van der Waals surface area contributed by atoms with E-state index in [2.05, 4.69) is 20.6 Å². The summed E-state index contributed by atoms with van der Waals surface area (Å²) in [6.07, 6.45) is 1.73. The minimum Gasteiger partial charge on any atom is -0.493 e. The first-order chi connectivity index (χ1) is 20.3. The molecule has 2 atom stereocenters. The summed E-state index contributed by atoms with van der Waals surface area (Å²) >= 11 is 0. The van der Waals surface area contributed by atoms with E-state index in [1.807, 2.05) is 31.2 Å². The molecule has 0 unspecified atom stereocenters. The summed E-state index contributed by atoms with van der Waals surface area (Å²) in [5.41, 5.74) is 2.21. The Hall–Kier alpha value is -4.67. The Labute approximate surface area is 243 Å². The van der Waals surface area contributed by atoms with Crippen LogP contribution in [-0.2, 0) is 11.3 Å². The minimum atomic E-state index is -0.520. The van der Waals surface area contributed by atoms with E-state index in [1.54, 1.807) is 36.1 Å². The number of fused-ring (bicyclic) bond motifs is 7. The number of hydrogen-bond acceptors (Lipinski definition) is 8. The molecular weight excluding hydrogens is 538 g/mol. The summed E-state index contributed by atoms with van der Waals surface area (Å²) in [5.74, 6) is 1.54. The quantitative estimate of drug-likeness (QED) is 0.489. The maximum Gasteiger partial charge on any atom is 0.272 e. The summed E-state index contributed by atoms with van der Waals surface area (Å²) in [5, 5.41) is 5.91. The third-order valence-corrected chi connectivity index (χ3v) is 7.45. The summed E-state index contributed by atoms with van der Waals surface area (Å²) in [4.78, 5) is 49.8. The molecule has 3 aliphatic heterocycles. The Bertz CT molecular complexity index is 1490. The van der Waals surface area contributed by atoms with E-state index < -0.39 is 12.1 Å². The van der Waals surface area contributed by atoms with E-state index in [-0.39, 0.29) is 37.4 Å². The van der Waals surface area contributed by atoms with Crippen LogP contribution in [0.15, 0.2) is 48.5 Å². The van der Waals surface area contributed by atoms with Crippen molar-refractivity contribution in [2.75, 3.05) is 26.3 Å². The lowest BCUT2D eigenvalue weighted by molar-refractivity contribution is -0.123. The van der Waals surface area contributed by atoms with Gasteiger partial charge in [-0.05, 0) is 68.5 Å². The molecule has 11 heteroatoms. The first-order valence-corrected chi connectivity index (χ1v) is 14.1. The summed E-state index contributed by atoms with van der Waals surface area (Å²) in [6.45, 7) is 4.72. The molecule has 2 fully saturated rings. The van der Waals surface area contributed by atoms with Gasteiger partial charge in [-0.2, -0.15) is 0 Å². The van der Waals surface area contributed by atoms with E-state index in [0.717, 1.165) is 18.4 Å². The average molecular weight is 572 g/mol. The molecule has 2 aromatic carbocycles. The lowest BCUT2D eigenvalue weighted by atomic mass is 10.1. The Morgan fingerprint density at radius 2 is 1.83 bits per heavy atom. The van der Waals surface area contributed by atoms with Crippen molar-refractivity contribution in [1.29, 1.82) is 0 Å². The first-order valence-electron chi connectivity index (χ1n) is 14.1. The van der Waals surface area contributed by atoms with Gasteiger partial charge < -0.3 is 29.7 Å². The number of amides is 3. The Balaban J connectivity index is 1.29. The van der Waals surface area contributed by atoms with Crippen LogP contribution in [0.3, 0.4) is 0 Å². The van der Waals surface area contributed by atoms with Gasteiger partial charge in [-0.1, -0.05) is 12.1 Å². The number of carbonyl (C=O) groups excluding carboxylic acids is 3. The zero-order valence-corrected chi connectivity index (χ0v) is 23.6. The van der Waals surface area contributed by atoms with Crippen LogP contribution in [0.25, 0.3) is 0 Å². The van der Waals surface area contributed by atoms with Crippen molar-refractivity contribution in [1.82, 2.24) is 25.5 Å². The fourth-order valence-electron chi connectivity index (χ4n) is 5.07. The van der Waals surface area contributed by atoms with E-state index in [1.165, 1.54) is 0 Å². The number of aromatic nitrogens is 2. The van der Waals surface area contributed by atoms with E-state index in [9.17, 15) is 14.4 Å². The van der Waals surface area contributed by atoms with Crippen LogP contribution < -0.4 is 24.8 Å². The number of carbonyl (C=O) groups is 3. The molecule has 3 aromatic rings. The maximum absolute atomic E-state index is 13.6. The number of hydrogen-bond donors (Lipinski definition) is 2. The van der Waals surface area contributed by atoms with E-state index in [0.29, 0.717) is 59.1 Å². The molecule has 1 saturated heterocycles. The zero-order chi connectivity index (χ0) is 29.2. The van der Waals surface area contributed by atoms with Crippen molar-refractivity contribution in [3.05, 3.63) is 76.9 Å². The summed E-state index contributed by atoms with van der Waals surface area (Å²) < 4.78 is 18.0. The average Bonchev–Trinajstić information content (AvgIpc) is 3.73. The van der Waals surface area contributed by atoms with Crippen LogP contribution in [0.5, 0.6) is 17.2 Å². The van der Waals surface area contributed by atoms with Gasteiger partial charge >= 0.3 is 0 Å². The van der Waals surface area contributed by atoms with Gasteiger partial charge in [0.1, 0.15) is 34.9 Å². The molecule has 11 nitrogen and oxygen atoms in total. The largest absolute Gasteiger partial charge is 0.493 e. The molecule has 42 heavy (non-hydrogen) atoms. The van der Waals surface area contributed by atoms with Gasteiger partial charge in [0.2, 0.25) is 0 Å². The zero-order valence-electron chi connectivity index (χ0n) is 23.6. The molecule has 1 saturated carbocycles. The first kappa shape index (κ1) is 27.5. The lowest BCUT2D eigenvalue weighted by Gasteiger charge is -2.21. The van der Waals surface area contributed by atoms with Gasteiger partial charge in [0.05, 0.1) is 19.2 Å². The molecule has 4 heterocycles. The molecule has 1 aliphatic carbocycles. The number of rotatable bonds is 4. The second-order valence-corrected chi connectivity index (χ2v) is 11.0. The summed E-state index contributed by atoms with van der Waals surface area (Å²) in [6, 6.07) is 13.4. The number of ether oxygens (including phenoxy) is 3. The predicted octanol–water partition coefficient (Wildman–Crippen LogP) is 2.59. The lowest BCUT2D eigenvalue weighted by Crippen LogP contribution is -2.45. The number of nitrogens with zero attached hydrogens (tertiary/aromatic N) is 3. The Morgan fingerprint density at radius 1 is 1.02 bits per heavy atom. The Morgan fingerprint density at radius 3 is 2.60 bits per heavy atom. The van der Waals surface area contributed by atoms with Crippen LogP contribution in [0, 0.1) is 19.8 Å². The van der Waals surface area contributed by atoms with Crippen molar-refractivity contribution in [3.8, 4) is 17.2 Å². The fraction of sp³-hybridized carbons (Fsp3) is 0.387. The smallest absolute Gasteiger partial charge is 0.272 e. The standard InChI is InChI=1S/C31H33N5O6/c1-18-9-26(34-19(2)33-18)31(39)36-14-27-28(15-36)42-23-7-5-20(6-8-23)13-32-29(37)17-41-25-11-22(30(38)35-27)10-24(12-25)40-16-21-3-4-21/h5-12,21,27-28H,3-4,13-17H2,1-2H3,(H,32,37)(H,35,38)/t27-,28-/m0/s1. The molecule has 3 amide bonds. The molecule has 0 spiro atoms. The molecule has 4 aliphatic rings. The van der Waals surface area contributed by atoms with Crippen LogP contribution in [-0.4, -0.2) is 71.0 Å². The molecule has 2 N–H and O–H groups in total. The molecular formula is C31H33N5O6. The van der Waals surface area contributed by atoms with Crippen LogP contribution in [0.4, 0.5) is 0 Å². The van der Waals surface area contributed by atoms with Gasteiger partial charge in [0.25, 0.3) is 17.7 Å². The highest BCUT2D eigenvalue weighted by Gasteiger charge is 2.39. The van der Waals surface area contributed by atoms with Crippen molar-refractivity contribution >= 4 is 17.7 Å². The summed E-state index contributed by atoms with van der Waals surface area (Å²) in [7, 11) is 0. The van der Waals surface area contributed by atoms with Gasteiger partial charge in [-0.3, -0.25) is 14.4 Å². The van der Waals surface area contributed by atoms with Gasteiger partial charge in [-0.15, -0.1) is 0 Å². The molecule has 1 aromatic heterocycles. The van der Waals surface area contributed by atoms with Crippen molar-refractivity contribution < 1.29 is 28.6 Å². The SMILES string of the molecule is Cc1cc(C(=O)N2C[C@@H]3NC(=O)c4cc(cc(OCC5CC5)c4)OCC(=O)NCc4ccc(cc4)O[C@H]3C2)nc(C)n1. The fourth-order valence-corrected chi connectivity index (χ4v) is 5.07. The van der Waals surface area contributed by atoms with Crippen molar-refractivity contribution in [2.45, 2.75) is 45.4 Å². The van der Waals surface area contributed by atoms with Crippen LogP contribution in [0.2, 0.25) is 0 Å². The highest BCUT2D eigenvalue weighted by Crippen LogP contribution is 2.31. The second kappa shape index (κ2) is 11.7. The minimum absolute atomic E-state index is 0.210. The highest BCUT2D eigenvalue weighted by atomic mass is 16.5. The van der Waals surface area contributed by atoms with E-state index in [4.69, 9.17) is 14.2 Å². The third kappa shape index (κ3) is 6.62. The van der Waals surface area contributed by atoms with Gasteiger partial charge in [-0.25, -0.2) is 9.97 Å². The third-order valence-electron chi connectivity index (χ3n) is 7.45. The molecule has 0 radical (unpaired) electrons. The second-order valence-electron chi connectivity index (χ2n) is 11.0. The number of nitrogens with one attached hydrogen (secondary N) is 2. The number of aryl methyl sites for hydroxylation is 2. The normalized spacial score (nSPS) is 20.5. The highest BCUT2D eigenvalue weighted by molar-refractivity contribution is 5.96. The van der Waals surface area contributed by atoms with Crippen LogP contribution >= 0.6 is 0 Å². The Kier molecular flexibility index (Phi) is 7.64. The van der Waals surface area contributed by atoms with Gasteiger partial charge in [0.15, 0.2) is 6.61 Å². The predicted molar refractivity (Wildman–Crippen MR) is 152 cm³/mol. The van der Waals surface area contributed by atoms with Gasteiger partial charge in [0, 0.05) is 30.4 Å². The van der Waals surface area contributed by atoms with E-state index >= 15 is 0 Å². The molecule has 7 rings (SSSR count). The van der Waals surface area contributed by atoms with Crippen molar-refractivity contribution in [3.63, 3.8) is 0 Å². The van der Waals surface area contributed by atoms with Crippen LogP contribution in [0.1, 0.15) is 50.8 Å². The number of benzene rings is 2. The molecule has 218 valence electrons. The number of likely N-dealkylation sites (tertiary alicyclic amines) is 1. The topological polar surface area (TPSA) is 132 Å². The van der Waals surface area contributed by atoms with Crippen molar-refractivity contribution in [2.24, 2.45) is 5.92 Å².